The van der Waals surface area contributed by atoms with Crippen LogP contribution in [0.1, 0.15) is 51.0 Å². The average Bonchev–Trinajstić information content (AvgIpc) is 3.13. The predicted octanol–water partition coefficient (Wildman–Crippen LogP) is 3.33. The van der Waals surface area contributed by atoms with E-state index in [-0.39, 0.29) is 5.69 Å². The van der Waals surface area contributed by atoms with E-state index in [1.54, 1.807) is 54.9 Å². The van der Waals surface area contributed by atoms with Crippen molar-refractivity contribution in [2.24, 2.45) is 0 Å². The van der Waals surface area contributed by atoms with Crippen LogP contribution in [0.4, 0.5) is 5.69 Å². The smallest absolute Gasteiger partial charge is 0.312 e. The van der Waals surface area contributed by atoms with Crippen molar-refractivity contribution in [3.8, 4) is 11.5 Å². The van der Waals surface area contributed by atoms with Gasteiger partial charge in [-0.2, -0.15) is 5.10 Å². The van der Waals surface area contributed by atoms with Crippen molar-refractivity contribution in [1.29, 1.82) is 0 Å². The molecule has 2 N–H and O–H groups in total. The predicted molar refractivity (Wildman–Crippen MR) is 128 cm³/mol. The molecule has 0 spiro atoms. The fourth-order valence-corrected chi connectivity index (χ4v) is 3.44. The Morgan fingerprint density at radius 1 is 1.03 bits per heavy atom. The molecule has 3 rings (SSSR count). The summed E-state index contributed by atoms with van der Waals surface area (Å²) in [7, 11) is 1.48. The zero-order valence-corrected chi connectivity index (χ0v) is 20.0. The molecule has 3 aromatic rings. The van der Waals surface area contributed by atoms with Crippen LogP contribution in [-0.2, 0) is 6.54 Å². The second-order valence-corrected chi connectivity index (χ2v) is 7.75. The van der Waals surface area contributed by atoms with Crippen LogP contribution in [0.15, 0.2) is 42.5 Å². The van der Waals surface area contributed by atoms with Crippen molar-refractivity contribution < 1.29 is 24.0 Å². The van der Waals surface area contributed by atoms with Crippen molar-refractivity contribution in [2.75, 3.05) is 13.7 Å². The molecule has 11 nitrogen and oxygen atoms in total. The second kappa shape index (κ2) is 11.1. The Kier molecular flexibility index (Phi) is 8.03. The van der Waals surface area contributed by atoms with Crippen molar-refractivity contribution in [3.05, 3.63) is 80.7 Å². The summed E-state index contributed by atoms with van der Waals surface area (Å²) >= 11 is 0. The first-order chi connectivity index (χ1) is 16.7. The van der Waals surface area contributed by atoms with Crippen LogP contribution in [0.25, 0.3) is 0 Å². The zero-order chi connectivity index (χ0) is 25.5. The van der Waals surface area contributed by atoms with Gasteiger partial charge in [0.2, 0.25) is 0 Å². The summed E-state index contributed by atoms with van der Waals surface area (Å²) < 4.78 is 12.4. The SMILES string of the molecule is CCCOc1ccc(C(=O)NNC(=O)c2ccc(Cn3nc(C)c([N+](=O)[O-])c3C)cc2)cc1OC. The standard InChI is InChI=1S/C24H27N5O6/c1-5-12-35-20-11-10-19(13-21(20)34-4)24(31)26-25-23(30)18-8-6-17(7-9-18)14-28-16(3)22(29(32)33)15(2)27-28/h6-11,13H,5,12,14H2,1-4H3,(H,25,30)(H,26,31). The Bertz CT molecular complexity index is 1240. The number of carbonyl (C=O) groups excluding carboxylic acids is 2. The Balaban J connectivity index is 1.60. The number of hydrazine groups is 1. The molecule has 0 saturated carbocycles. The average molecular weight is 482 g/mol. The molecule has 1 heterocycles. The van der Waals surface area contributed by atoms with Crippen LogP contribution in [0, 0.1) is 24.0 Å². The molecule has 0 saturated heterocycles. The largest absolute Gasteiger partial charge is 0.493 e. The molecule has 0 fully saturated rings. The number of hydrogen-bond donors (Lipinski definition) is 2. The number of rotatable bonds is 9. The summed E-state index contributed by atoms with van der Waals surface area (Å²) in [5.74, 6) is -0.0611. The summed E-state index contributed by atoms with van der Waals surface area (Å²) in [6, 6.07) is 11.4. The van der Waals surface area contributed by atoms with Gasteiger partial charge in [0.25, 0.3) is 11.8 Å². The van der Waals surface area contributed by atoms with E-state index in [1.807, 2.05) is 6.92 Å². The molecule has 35 heavy (non-hydrogen) atoms. The van der Waals surface area contributed by atoms with Crippen molar-refractivity contribution in [3.63, 3.8) is 0 Å². The number of aromatic nitrogens is 2. The van der Waals surface area contributed by atoms with Gasteiger partial charge < -0.3 is 9.47 Å². The molecule has 0 aliphatic heterocycles. The second-order valence-electron chi connectivity index (χ2n) is 7.75. The first-order valence-corrected chi connectivity index (χ1v) is 10.9. The normalized spacial score (nSPS) is 10.5. The lowest BCUT2D eigenvalue weighted by molar-refractivity contribution is -0.386. The van der Waals surface area contributed by atoms with E-state index in [0.29, 0.717) is 47.2 Å². The maximum Gasteiger partial charge on any atom is 0.312 e. The third-order valence-corrected chi connectivity index (χ3v) is 5.25. The zero-order valence-electron chi connectivity index (χ0n) is 20.0. The Hall–Kier alpha value is -4.41. The highest BCUT2D eigenvalue weighted by Crippen LogP contribution is 2.28. The van der Waals surface area contributed by atoms with E-state index in [2.05, 4.69) is 16.0 Å². The summed E-state index contributed by atoms with van der Waals surface area (Å²) in [6.45, 7) is 6.06. The van der Waals surface area contributed by atoms with Gasteiger partial charge >= 0.3 is 5.69 Å². The first-order valence-electron chi connectivity index (χ1n) is 10.9. The number of benzene rings is 2. The van der Waals surface area contributed by atoms with E-state index in [9.17, 15) is 19.7 Å². The van der Waals surface area contributed by atoms with E-state index >= 15 is 0 Å². The molecule has 0 aliphatic rings. The van der Waals surface area contributed by atoms with Crippen LogP contribution in [0.3, 0.4) is 0 Å². The number of amides is 2. The fraction of sp³-hybridized carbons (Fsp3) is 0.292. The highest BCUT2D eigenvalue weighted by molar-refractivity contribution is 5.99. The van der Waals surface area contributed by atoms with Gasteiger partial charge in [0.05, 0.1) is 25.2 Å². The number of ether oxygens (including phenoxy) is 2. The maximum atomic E-state index is 12.5. The van der Waals surface area contributed by atoms with Crippen molar-refractivity contribution >= 4 is 17.5 Å². The third kappa shape index (κ3) is 5.94. The molecule has 11 heteroatoms. The Morgan fingerprint density at radius 2 is 1.66 bits per heavy atom. The van der Waals surface area contributed by atoms with Crippen molar-refractivity contribution in [2.45, 2.75) is 33.7 Å². The van der Waals surface area contributed by atoms with E-state index in [1.165, 1.54) is 13.2 Å². The number of nitrogens with one attached hydrogen (secondary N) is 2. The monoisotopic (exact) mass is 481 g/mol. The maximum absolute atomic E-state index is 12.5. The molecule has 0 radical (unpaired) electrons. The lowest BCUT2D eigenvalue weighted by atomic mass is 10.1. The van der Waals surface area contributed by atoms with Crippen molar-refractivity contribution in [1.82, 2.24) is 20.6 Å². The van der Waals surface area contributed by atoms with E-state index < -0.39 is 16.7 Å². The number of aryl methyl sites for hydroxylation is 1. The minimum Gasteiger partial charge on any atom is -0.493 e. The summed E-state index contributed by atoms with van der Waals surface area (Å²) in [6.07, 6.45) is 0.837. The molecule has 184 valence electrons. The minimum atomic E-state index is -0.513. The lowest BCUT2D eigenvalue weighted by Crippen LogP contribution is -2.41. The molecule has 0 unspecified atom stereocenters. The number of methoxy groups -OCH3 is 1. The van der Waals surface area contributed by atoms with Crippen LogP contribution in [-0.4, -0.2) is 40.2 Å². The molecule has 0 bridgehead atoms. The first kappa shape index (κ1) is 25.2. The highest BCUT2D eigenvalue weighted by atomic mass is 16.6. The molecule has 2 amide bonds. The van der Waals surface area contributed by atoms with Gasteiger partial charge in [0.15, 0.2) is 11.5 Å². The van der Waals surface area contributed by atoms with Gasteiger partial charge in [-0.05, 0) is 56.2 Å². The van der Waals surface area contributed by atoms with E-state index in [0.717, 1.165) is 12.0 Å². The number of nitrogens with zero attached hydrogens (tertiary/aromatic N) is 3. The van der Waals surface area contributed by atoms with Gasteiger partial charge in [0.1, 0.15) is 11.4 Å². The molecular formula is C24H27N5O6. The van der Waals surface area contributed by atoms with Crippen LogP contribution in [0.5, 0.6) is 11.5 Å². The molecule has 0 atom stereocenters. The lowest BCUT2D eigenvalue weighted by Gasteiger charge is -2.12. The quantitative estimate of drug-likeness (QED) is 0.353. The van der Waals surface area contributed by atoms with Gasteiger partial charge in [-0.15, -0.1) is 0 Å². The van der Waals surface area contributed by atoms with Crippen LogP contribution < -0.4 is 20.3 Å². The molecule has 1 aromatic heterocycles. The Labute approximate surface area is 202 Å². The van der Waals surface area contributed by atoms with Gasteiger partial charge in [0, 0.05) is 11.1 Å². The number of hydrogen-bond acceptors (Lipinski definition) is 7. The number of carbonyl (C=O) groups is 2. The molecular weight excluding hydrogens is 454 g/mol. The van der Waals surface area contributed by atoms with Gasteiger partial charge in [-0.1, -0.05) is 19.1 Å². The number of nitro groups is 1. The summed E-state index contributed by atoms with van der Waals surface area (Å²) in [5, 5.41) is 15.4. The molecule has 0 aliphatic carbocycles. The van der Waals surface area contributed by atoms with E-state index in [4.69, 9.17) is 9.47 Å². The fourth-order valence-electron chi connectivity index (χ4n) is 3.44. The Morgan fingerprint density at radius 3 is 2.23 bits per heavy atom. The summed E-state index contributed by atoms with van der Waals surface area (Å²) in [4.78, 5) is 35.7. The summed E-state index contributed by atoms with van der Waals surface area (Å²) in [5.41, 5.74) is 6.99. The third-order valence-electron chi connectivity index (χ3n) is 5.25. The molecule has 2 aromatic carbocycles. The van der Waals surface area contributed by atoms with Crippen LogP contribution in [0.2, 0.25) is 0 Å². The minimum absolute atomic E-state index is 0.00233. The van der Waals surface area contributed by atoms with Gasteiger partial charge in [-0.25, -0.2) is 0 Å². The van der Waals surface area contributed by atoms with Crippen LogP contribution >= 0.6 is 0 Å². The van der Waals surface area contributed by atoms with Gasteiger partial charge in [-0.3, -0.25) is 35.2 Å². The topological polar surface area (TPSA) is 138 Å². The highest BCUT2D eigenvalue weighted by Gasteiger charge is 2.21.